The number of rotatable bonds is 26. The molecule has 27 heteroatoms. The smallest absolute Gasteiger partial charge is 0.407 e. The molecule has 5 aromatic rings. The maximum absolute atomic E-state index is 15.6. The number of aliphatic hydroxyl groups is 4. The lowest BCUT2D eigenvalue weighted by molar-refractivity contribution is -0.271. The molecule has 5 amide bonds. The third kappa shape index (κ3) is 15.3. The van der Waals surface area contributed by atoms with Crippen molar-refractivity contribution in [2.75, 3.05) is 51.4 Å². The van der Waals surface area contributed by atoms with Crippen molar-refractivity contribution in [2.45, 2.75) is 96.9 Å². The van der Waals surface area contributed by atoms with E-state index >= 15 is 4.39 Å². The number of aliphatic hydroxyl groups excluding tert-OH is 4. The highest BCUT2D eigenvalue weighted by Crippen LogP contribution is 2.37. The summed E-state index contributed by atoms with van der Waals surface area (Å²) in [5.41, 5.74) is 3.21. The predicted molar refractivity (Wildman–Crippen MR) is 279 cm³/mol. The van der Waals surface area contributed by atoms with Gasteiger partial charge in [0, 0.05) is 73.6 Å². The van der Waals surface area contributed by atoms with Crippen LogP contribution in [0.5, 0.6) is 11.5 Å². The van der Waals surface area contributed by atoms with Crippen molar-refractivity contribution in [2.24, 2.45) is 12.5 Å². The molecule has 0 bridgehead atoms. The number of anilines is 1. The van der Waals surface area contributed by atoms with Gasteiger partial charge in [0.25, 0.3) is 11.8 Å². The van der Waals surface area contributed by atoms with Crippen LogP contribution in [0, 0.1) is 24.0 Å². The van der Waals surface area contributed by atoms with Gasteiger partial charge >= 0.3 is 12.1 Å². The number of carbonyl (C=O) groups is 6. The molecule has 2 aromatic carbocycles. The number of pyridine rings is 1. The summed E-state index contributed by atoms with van der Waals surface area (Å²) in [6.07, 6.45) is -6.25. The fraction of sp³-hybridized carbons (Fsp3) is 0.444. The van der Waals surface area contributed by atoms with E-state index in [-0.39, 0.29) is 107 Å². The molecule has 2 aliphatic rings. The molecule has 8 N–H and O–H groups in total. The number of hydrogen-bond donors (Lipinski definition) is 8. The summed E-state index contributed by atoms with van der Waals surface area (Å²) >= 11 is 0. The molecule has 6 atom stereocenters. The van der Waals surface area contributed by atoms with Crippen molar-refractivity contribution in [3.8, 4) is 22.6 Å². The van der Waals surface area contributed by atoms with Crippen LogP contribution in [-0.2, 0) is 69.5 Å². The minimum atomic E-state index is -2.01. The van der Waals surface area contributed by atoms with Gasteiger partial charge in [-0.2, -0.15) is 9.49 Å². The largest absolute Gasteiger partial charge is 0.489 e. The number of aromatic nitrogens is 4. The van der Waals surface area contributed by atoms with Crippen LogP contribution in [0.2, 0.25) is 0 Å². The minimum absolute atomic E-state index is 0.0227. The molecule has 6 unspecified atom stereocenters. The third-order valence-corrected chi connectivity index (χ3v) is 13.1. The number of benzene rings is 2. The molecule has 0 radical (unpaired) electrons. The Bertz CT molecular complexity index is 3120. The van der Waals surface area contributed by atoms with Crippen molar-refractivity contribution >= 4 is 47.0 Å². The van der Waals surface area contributed by atoms with Crippen molar-refractivity contribution < 1.29 is 91.5 Å². The first-order valence-corrected chi connectivity index (χ1v) is 25.7. The Morgan fingerprint density at radius 1 is 0.877 bits per heavy atom. The Morgan fingerprint density at radius 2 is 1.60 bits per heavy atom. The highest BCUT2D eigenvalue weighted by atomic mass is 19.2. The first-order valence-electron chi connectivity index (χ1n) is 25.7. The van der Waals surface area contributed by atoms with Crippen LogP contribution in [0.15, 0.2) is 67.0 Å². The number of carbonyl (C=O) groups excluding carboxylic acids is 5. The molecule has 436 valence electrons. The van der Waals surface area contributed by atoms with Gasteiger partial charge in [0.05, 0.1) is 69.4 Å². The number of carboxylic acids is 1. The fourth-order valence-corrected chi connectivity index (χ4v) is 8.51. The maximum atomic E-state index is 15.6. The number of imide groups is 1. The number of nitrogens with zero attached hydrogens (tertiary/aromatic N) is 5. The van der Waals surface area contributed by atoms with E-state index in [0.29, 0.717) is 22.6 Å². The third-order valence-electron chi connectivity index (χ3n) is 13.1. The van der Waals surface area contributed by atoms with Gasteiger partial charge < -0.3 is 74.3 Å². The number of imidazole rings is 1. The molecule has 81 heavy (non-hydrogen) atoms. The van der Waals surface area contributed by atoms with Gasteiger partial charge in [-0.1, -0.05) is 26.8 Å². The molecule has 3 aromatic heterocycles. The first-order chi connectivity index (χ1) is 38.5. The molecular weight excluding hydrogens is 1070 g/mol. The van der Waals surface area contributed by atoms with Crippen LogP contribution in [0.1, 0.15) is 67.9 Å². The highest BCUT2D eigenvalue weighted by molar-refractivity contribution is 6.12. The highest BCUT2D eigenvalue weighted by Gasteiger charge is 2.48. The van der Waals surface area contributed by atoms with Crippen molar-refractivity contribution in [1.82, 2.24) is 34.7 Å². The Balaban J connectivity index is 0.947. The number of halogens is 2. The number of hydrogen-bond acceptors (Lipinski definition) is 18. The maximum Gasteiger partial charge on any atom is 0.407 e. The van der Waals surface area contributed by atoms with Crippen molar-refractivity contribution in [3.63, 3.8) is 0 Å². The number of ether oxygens (including phenoxy) is 6. The number of nitrogens with one attached hydrogen (secondary N) is 3. The number of aliphatic carboxylic acids is 1. The molecule has 1 fully saturated rings. The van der Waals surface area contributed by atoms with Gasteiger partial charge in [-0.15, -0.1) is 0 Å². The van der Waals surface area contributed by atoms with E-state index in [0.717, 1.165) is 22.2 Å². The van der Waals surface area contributed by atoms with Gasteiger partial charge in [0.2, 0.25) is 23.9 Å². The summed E-state index contributed by atoms with van der Waals surface area (Å²) in [7, 11) is 1.75. The van der Waals surface area contributed by atoms with Crippen molar-refractivity contribution in [1.29, 1.82) is 0 Å². The average Bonchev–Trinajstić information content (AvgIpc) is 4.08. The number of aryl methyl sites for hydroxylation is 1. The number of alkyl carbamates (subject to hydrolysis) is 1. The minimum Gasteiger partial charge on any atom is -0.489 e. The number of amides is 5. The van der Waals surface area contributed by atoms with E-state index in [4.69, 9.17) is 28.4 Å². The summed E-state index contributed by atoms with van der Waals surface area (Å²) in [5.74, 6) is -6.45. The Morgan fingerprint density at radius 3 is 2.32 bits per heavy atom. The Hall–Kier alpha value is -7.92. The second-order valence-electron chi connectivity index (χ2n) is 20.0. The van der Waals surface area contributed by atoms with E-state index < -0.39 is 89.6 Å². The summed E-state index contributed by atoms with van der Waals surface area (Å²) in [5, 5.41) is 64.1. The summed E-state index contributed by atoms with van der Waals surface area (Å²) < 4.78 is 66.8. The van der Waals surface area contributed by atoms with Crippen LogP contribution < -0.4 is 25.4 Å². The van der Waals surface area contributed by atoms with Crippen LogP contribution in [0.3, 0.4) is 0 Å². The standard InChI is InChI=1S/C54H64F2N8O17/c1-29-33(44(61-62(29)5)50(72)54(2,3)4)15-20-78-48-34(8-9-35(55)43(48)56)31-7-11-38-58-25-32(64(38)27-31)26-59-53(75)79-28-30-6-10-37(80-52-47(71)45(69)46(70)49(81-52)51(73)74)36(24-30)60-40(66)14-17-57-39(65)16-19-76-22-23-77-21-18-63-41(67)12-13-42(63)68/h6-13,24-25,27,45-47,49-50,52,69-72H,14-23,26,28H2,1-5H3,(H,57,65)(H,59,75)(H,60,66)(H,73,74). The monoisotopic (exact) mass is 1130 g/mol. The van der Waals surface area contributed by atoms with Crippen LogP contribution in [-0.4, -0.2) is 162 Å². The average molecular weight is 1140 g/mol. The van der Waals surface area contributed by atoms with Gasteiger partial charge in [0.15, 0.2) is 17.7 Å². The van der Waals surface area contributed by atoms with E-state index in [1.165, 1.54) is 42.6 Å². The summed E-state index contributed by atoms with van der Waals surface area (Å²) in [6, 6.07) is 9.70. The zero-order valence-corrected chi connectivity index (χ0v) is 44.9. The normalized spacial score (nSPS) is 18.5. The molecule has 5 heterocycles. The quantitative estimate of drug-likeness (QED) is 0.0291. The van der Waals surface area contributed by atoms with Crippen LogP contribution in [0.25, 0.3) is 16.8 Å². The lowest BCUT2D eigenvalue weighted by Gasteiger charge is -2.38. The summed E-state index contributed by atoms with van der Waals surface area (Å²) in [6.45, 7) is 7.25. The molecular formula is C54H64F2N8O17. The van der Waals surface area contributed by atoms with E-state index in [9.17, 15) is 58.7 Å². The Labute approximate surface area is 462 Å². The second-order valence-corrected chi connectivity index (χ2v) is 20.0. The second kappa shape index (κ2) is 27.0. The summed E-state index contributed by atoms with van der Waals surface area (Å²) in [4.78, 5) is 79.3. The van der Waals surface area contributed by atoms with Crippen LogP contribution >= 0.6 is 0 Å². The zero-order chi connectivity index (χ0) is 58.7. The number of fused-ring (bicyclic) bond motifs is 1. The zero-order valence-electron chi connectivity index (χ0n) is 44.9. The molecule has 0 aliphatic carbocycles. The molecule has 2 aliphatic heterocycles. The fourth-order valence-electron chi connectivity index (χ4n) is 8.51. The van der Waals surface area contributed by atoms with Gasteiger partial charge in [-0.3, -0.25) is 28.8 Å². The van der Waals surface area contributed by atoms with E-state index in [2.05, 4.69) is 26.0 Å². The number of carboxylic acid groups (broad SMARTS) is 1. The first kappa shape index (κ1) is 60.7. The Kier molecular flexibility index (Phi) is 20.3. The molecule has 1 saturated heterocycles. The van der Waals surface area contributed by atoms with Gasteiger partial charge in [-0.05, 0) is 54.3 Å². The van der Waals surface area contributed by atoms with Gasteiger partial charge in [0.1, 0.15) is 42.4 Å². The molecule has 0 saturated carbocycles. The topological polar surface area (TPSA) is 333 Å². The van der Waals surface area contributed by atoms with Crippen molar-refractivity contribution in [3.05, 3.63) is 107 Å². The lowest BCUT2D eigenvalue weighted by Crippen LogP contribution is -2.61. The lowest BCUT2D eigenvalue weighted by atomic mass is 9.85. The van der Waals surface area contributed by atoms with Gasteiger partial charge in [-0.25, -0.2) is 19.0 Å². The van der Waals surface area contributed by atoms with Crippen LogP contribution in [0.4, 0.5) is 19.3 Å². The molecule has 7 rings (SSSR count). The molecule has 25 nitrogen and oxygen atoms in total. The van der Waals surface area contributed by atoms with E-state index in [1.807, 2.05) is 27.7 Å². The SMILES string of the molecule is Cc1c(CCOc2c(-c3ccc4ncc(CNC(=O)OCc5ccc(OC6OC(C(=O)O)C(O)C(O)C6O)c(NC(=O)CCNC(=O)CCOCCOCCN6C(=O)C=CC6=O)c5)n4c3)ccc(F)c2F)c(C(O)C(C)(C)C)nn1C. The van der Waals surface area contributed by atoms with E-state index in [1.54, 1.807) is 34.5 Å². The molecule has 0 spiro atoms. The predicted octanol–water partition coefficient (Wildman–Crippen LogP) is 2.51.